The Morgan fingerprint density at radius 1 is 1.21 bits per heavy atom. The molecule has 0 radical (unpaired) electrons. The van der Waals surface area contributed by atoms with E-state index in [1.54, 1.807) is 18.2 Å². The molecule has 2 heterocycles. The molecular formula is C24H31N5O3S2. The topological polar surface area (TPSA) is 86.8 Å². The Kier molecular flexibility index (Phi) is 8.34. The predicted octanol–water partition coefficient (Wildman–Crippen LogP) is 3.97. The molecule has 34 heavy (non-hydrogen) atoms. The van der Waals surface area contributed by atoms with Crippen molar-refractivity contribution >= 4 is 51.3 Å². The third-order valence-corrected chi connectivity index (χ3v) is 7.56. The van der Waals surface area contributed by atoms with E-state index in [0.717, 1.165) is 24.3 Å². The predicted molar refractivity (Wildman–Crippen MR) is 138 cm³/mol. The molecule has 1 unspecified atom stereocenters. The van der Waals surface area contributed by atoms with Gasteiger partial charge in [-0.3, -0.25) is 9.59 Å². The molecule has 2 N–H and O–H groups in total. The van der Waals surface area contributed by atoms with Gasteiger partial charge < -0.3 is 25.2 Å². The van der Waals surface area contributed by atoms with Crippen molar-refractivity contribution in [3.63, 3.8) is 0 Å². The van der Waals surface area contributed by atoms with E-state index < -0.39 is 6.04 Å². The molecule has 2 aromatic rings. The average Bonchev–Trinajstić information content (AvgIpc) is 3.37. The summed E-state index contributed by atoms with van der Waals surface area (Å²) >= 11 is 6.94. The van der Waals surface area contributed by atoms with E-state index in [1.165, 1.54) is 30.6 Å². The first-order valence-corrected chi connectivity index (χ1v) is 13.0. The molecule has 1 aromatic heterocycles. The molecule has 2 fully saturated rings. The lowest BCUT2D eigenvalue weighted by atomic mass is 9.84. The average molecular weight is 502 g/mol. The summed E-state index contributed by atoms with van der Waals surface area (Å²) in [6, 6.07) is 6.97. The van der Waals surface area contributed by atoms with Crippen molar-refractivity contribution < 1.29 is 14.3 Å². The van der Waals surface area contributed by atoms with Gasteiger partial charge in [-0.1, -0.05) is 32.1 Å². The smallest absolute Gasteiger partial charge is 0.248 e. The molecule has 2 amide bonds. The molecule has 2 aliphatic rings. The SMILES string of the molecule is COc1ccc(NC(=S)N2CCN(C(CC3CCCCC3)C(=O)Nc3nccs3)C(=O)C2)cc1. The van der Waals surface area contributed by atoms with Gasteiger partial charge in [0.25, 0.3) is 0 Å². The largest absolute Gasteiger partial charge is 0.497 e. The number of amides is 2. The fraction of sp³-hybridized carbons (Fsp3) is 0.500. The quantitative estimate of drug-likeness (QED) is 0.555. The number of anilines is 2. The van der Waals surface area contributed by atoms with Crippen molar-refractivity contribution in [3.8, 4) is 5.75 Å². The number of hydrogen-bond acceptors (Lipinski definition) is 6. The van der Waals surface area contributed by atoms with Gasteiger partial charge in [0.05, 0.1) is 13.7 Å². The number of nitrogens with one attached hydrogen (secondary N) is 2. The number of hydrogen-bond donors (Lipinski definition) is 2. The second-order valence-electron chi connectivity index (χ2n) is 8.75. The van der Waals surface area contributed by atoms with Gasteiger partial charge in [0.15, 0.2) is 10.2 Å². The molecule has 1 aromatic carbocycles. The van der Waals surface area contributed by atoms with Gasteiger partial charge in [-0.25, -0.2) is 4.98 Å². The zero-order valence-corrected chi connectivity index (χ0v) is 21.0. The Balaban J connectivity index is 1.40. The zero-order chi connectivity index (χ0) is 23.9. The molecule has 0 bridgehead atoms. The van der Waals surface area contributed by atoms with Crippen molar-refractivity contribution in [2.24, 2.45) is 5.92 Å². The summed E-state index contributed by atoms with van der Waals surface area (Å²) in [5.74, 6) is 0.992. The van der Waals surface area contributed by atoms with Crippen LogP contribution in [-0.4, -0.2) is 64.5 Å². The van der Waals surface area contributed by atoms with E-state index in [1.807, 2.05) is 34.5 Å². The first kappa shape index (κ1) is 24.4. The zero-order valence-electron chi connectivity index (χ0n) is 19.4. The molecule has 182 valence electrons. The van der Waals surface area contributed by atoms with Crippen molar-refractivity contribution in [2.45, 2.75) is 44.6 Å². The van der Waals surface area contributed by atoms with E-state index in [2.05, 4.69) is 15.6 Å². The van der Waals surface area contributed by atoms with Crippen molar-refractivity contribution in [1.29, 1.82) is 0 Å². The normalized spacial score (nSPS) is 17.9. The monoisotopic (exact) mass is 501 g/mol. The Hall–Kier alpha value is -2.72. The number of benzene rings is 1. The molecule has 1 aliphatic heterocycles. The van der Waals surface area contributed by atoms with Gasteiger partial charge in [0.2, 0.25) is 11.8 Å². The molecule has 0 spiro atoms. The summed E-state index contributed by atoms with van der Waals surface area (Å²) in [4.78, 5) is 34.2. The summed E-state index contributed by atoms with van der Waals surface area (Å²) in [5, 5.41) is 8.99. The third kappa shape index (κ3) is 6.24. The van der Waals surface area contributed by atoms with Crippen LogP contribution < -0.4 is 15.4 Å². The first-order chi connectivity index (χ1) is 16.5. The molecule has 10 heteroatoms. The second kappa shape index (κ2) is 11.6. The number of carbonyl (C=O) groups excluding carboxylic acids is 2. The van der Waals surface area contributed by atoms with Crippen LogP contribution in [-0.2, 0) is 9.59 Å². The molecule has 1 atom stereocenters. The maximum absolute atomic E-state index is 13.2. The van der Waals surface area contributed by atoms with E-state index in [4.69, 9.17) is 17.0 Å². The number of rotatable bonds is 7. The minimum Gasteiger partial charge on any atom is -0.497 e. The van der Waals surface area contributed by atoms with Gasteiger partial charge in [0, 0.05) is 30.4 Å². The number of ether oxygens (including phenoxy) is 1. The highest BCUT2D eigenvalue weighted by molar-refractivity contribution is 7.80. The van der Waals surface area contributed by atoms with Crippen LogP contribution in [0.25, 0.3) is 0 Å². The number of nitrogens with zero attached hydrogens (tertiary/aromatic N) is 3. The highest BCUT2D eigenvalue weighted by Crippen LogP contribution is 2.30. The Bertz CT molecular complexity index is 977. The minimum atomic E-state index is -0.496. The number of aromatic nitrogens is 1. The van der Waals surface area contributed by atoms with Crippen LogP contribution in [0.1, 0.15) is 38.5 Å². The number of piperazine rings is 1. The summed E-state index contributed by atoms with van der Waals surface area (Å²) in [7, 11) is 1.62. The fourth-order valence-corrected chi connectivity index (χ4v) is 5.46. The van der Waals surface area contributed by atoms with Gasteiger partial charge >= 0.3 is 0 Å². The van der Waals surface area contributed by atoms with Crippen LogP contribution in [0.2, 0.25) is 0 Å². The molecule has 1 saturated heterocycles. The van der Waals surface area contributed by atoms with Gasteiger partial charge in [0.1, 0.15) is 11.8 Å². The lowest BCUT2D eigenvalue weighted by Crippen LogP contribution is -2.59. The van der Waals surface area contributed by atoms with Crippen LogP contribution in [0.3, 0.4) is 0 Å². The van der Waals surface area contributed by atoms with Gasteiger partial charge in [-0.05, 0) is 48.8 Å². The van der Waals surface area contributed by atoms with Gasteiger partial charge in [-0.15, -0.1) is 11.3 Å². The third-order valence-electron chi connectivity index (χ3n) is 6.51. The van der Waals surface area contributed by atoms with Crippen LogP contribution >= 0.6 is 23.6 Å². The molecule has 1 aliphatic carbocycles. The van der Waals surface area contributed by atoms with Gasteiger partial charge in [-0.2, -0.15) is 0 Å². The van der Waals surface area contributed by atoms with Crippen LogP contribution in [0.15, 0.2) is 35.8 Å². The fourth-order valence-electron chi connectivity index (χ4n) is 4.65. The Morgan fingerprint density at radius 3 is 2.62 bits per heavy atom. The maximum Gasteiger partial charge on any atom is 0.248 e. The summed E-state index contributed by atoms with van der Waals surface area (Å²) < 4.78 is 5.19. The highest BCUT2D eigenvalue weighted by atomic mass is 32.1. The number of methoxy groups -OCH3 is 1. The molecular weight excluding hydrogens is 470 g/mol. The standard InChI is InChI=1S/C24H31N5O3S2/c1-32-19-9-7-18(8-10-19)26-24(33)28-12-13-29(21(30)16-28)20(15-17-5-3-2-4-6-17)22(31)27-23-25-11-14-34-23/h7-11,14,17,20H,2-6,12-13,15-16H2,1H3,(H,26,33)(H,25,27,31). The Morgan fingerprint density at radius 2 is 1.97 bits per heavy atom. The highest BCUT2D eigenvalue weighted by Gasteiger charge is 2.36. The van der Waals surface area contributed by atoms with Crippen LogP contribution in [0, 0.1) is 5.92 Å². The summed E-state index contributed by atoms with van der Waals surface area (Å²) in [6.45, 7) is 1.17. The summed E-state index contributed by atoms with van der Waals surface area (Å²) in [6.07, 6.45) is 8.23. The number of thiocarbonyl (C=S) groups is 1. The minimum absolute atomic E-state index is 0.0831. The lowest BCUT2D eigenvalue weighted by molar-refractivity contribution is -0.142. The Labute approximate surface area is 209 Å². The van der Waals surface area contributed by atoms with E-state index >= 15 is 0 Å². The number of thiazole rings is 1. The summed E-state index contributed by atoms with van der Waals surface area (Å²) in [5.41, 5.74) is 0.832. The van der Waals surface area contributed by atoms with Crippen molar-refractivity contribution in [2.75, 3.05) is 37.4 Å². The molecule has 8 nitrogen and oxygen atoms in total. The molecule has 4 rings (SSSR count). The first-order valence-electron chi connectivity index (χ1n) is 11.7. The maximum atomic E-state index is 13.2. The van der Waals surface area contributed by atoms with Crippen LogP contribution in [0.4, 0.5) is 10.8 Å². The van der Waals surface area contributed by atoms with E-state index in [9.17, 15) is 9.59 Å². The van der Waals surface area contributed by atoms with E-state index in [0.29, 0.717) is 35.7 Å². The van der Waals surface area contributed by atoms with Crippen molar-refractivity contribution in [3.05, 3.63) is 35.8 Å². The lowest BCUT2D eigenvalue weighted by Gasteiger charge is -2.40. The van der Waals surface area contributed by atoms with E-state index in [-0.39, 0.29) is 18.4 Å². The molecule has 1 saturated carbocycles. The second-order valence-corrected chi connectivity index (χ2v) is 10.0. The van der Waals surface area contributed by atoms with Crippen LogP contribution in [0.5, 0.6) is 5.75 Å². The van der Waals surface area contributed by atoms with Crippen molar-refractivity contribution in [1.82, 2.24) is 14.8 Å². The number of carbonyl (C=O) groups is 2.